The van der Waals surface area contributed by atoms with Gasteiger partial charge in [0.15, 0.2) is 0 Å². The fourth-order valence-corrected chi connectivity index (χ4v) is 2.91. The van der Waals surface area contributed by atoms with Crippen LogP contribution in [0.5, 0.6) is 5.75 Å². The summed E-state index contributed by atoms with van der Waals surface area (Å²) >= 11 is 3.40. The summed E-state index contributed by atoms with van der Waals surface area (Å²) in [7, 11) is 0. The number of hydrogen-bond acceptors (Lipinski definition) is 2. The van der Waals surface area contributed by atoms with Gasteiger partial charge in [0.2, 0.25) is 0 Å². The lowest BCUT2D eigenvalue weighted by Gasteiger charge is -2.18. The van der Waals surface area contributed by atoms with Crippen LogP contribution in [0.3, 0.4) is 0 Å². The van der Waals surface area contributed by atoms with Gasteiger partial charge in [-0.3, -0.25) is 4.90 Å². The molecule has 1 aliphatic rings. The van der Waals surface area contributed by atoms with Gasteiger partial charge in [-0.2, -0.15) is 0 Å². The van der Waals surface area contributed by atoms with Crippen LogP contribution < -0.4 is 15.0 Å². The molecule has 5 heteroatoms. The maximum atomic E-state index is 12.2. The minimum absolute atomic E-state index is 0.0669. The molecule has 2 aromatic carbocycles. The molecule has 0 saturated carbocycles. The smallest absolute Gasteiger partial charge is 0.322 e. The van der Waals surface area contributed by atoms with E-state index in [1.807, 2.05) is 42.5 Å². The molecular formula is C17H17BrN2O2. The monoisotopic (exact) mass is 360 g/mol. The third kappa shape index (κ3) is 3.42. The van der Waals surface area contributed by atoms with Crippen LogP contribution in [0.25, 0.3) is 0 Å². The van der Waals surface area contributed by atoms with Gasteiger partial charge in [0.05, 0.1) is 6.54 Å². The predicted molar refractivity (Wildman–Crippen MR) is 90.5 cm³/mol. The molecule has 2 aromatic rings. The first-order chi connectivity index (χ1) is 10.7. The Morgan fingerprint density at radius 1 is 1.23 bits per heavy atom. The largest absolute Gasteiger partial charge is 0.492 e. The highest BCUT2D eigenvalue weighted by atomic mass is 79.9. The molecule has 1 aliphatic heterocycles. The molecule has 0 spiro atoms. The number of ether oxygens (including phenoxy) is 1. The summed E-state index contributed by atoms with van der Waals surface area (Å²) in [5.74, 6) is 0.787. The van der Waals surface area contributed by atoms with E-state index in [1.165, 1.54) is 5.56 Å². The molecule has 0 saturated heterocycles. The molecule has 0 bridgehead atoms. The highest BCUT2D eigenvalue weighted by molar-refractivity contribution is 9.10. The average Bonchev–Trinajstić information content (AvgIpc) is 2.95. The number of hydrogen-bond donors (Lipinski definition) is 1. The van der Waals surface area contributed by atoms with Crippen molar-refractivity contribution in [1.29, 1.82) is 0 Å². The molecule has 0 unspecified atom stereocenters. The Labute approximate surface area is 138 Å². The van der Waals surface area contributed by atoms with Crippen molar-refractivity contribution in [3.05, 3.63) is 58.6 Å². The first-order valence-corrected chi connectivity index (χ1v) is 8.05. The number of amides is 2. The first kappa shape index (κ1) is 14.9. The molecule has 1 heterocycles. The van der Waals surface area contributed by atoms with Crippen LogP contribution in [0.1, 0.15) is 5.56 Å². The minimum Gasteiger partial charge on any atom is -0.492 e. The van der Waals surface area contributed by atoms with E-state index in [0.29, 0.717) is 13.2 Å². The van der Waals surface area contributed by atoms with Gasteiger partial charge in [-0.15, -0.1) is 0 Å². The summed E-state index contributed by atoms with van der Waals surface area (Å²) in [6, 6.07) is 15.6. The number of rotatable bonds is 4. The molecule has 1 N–H and O–H groups in total. The number of carbonyl (C=O) groups is 1. The molecule has 3 rings (SSSR count). The van der Waals surface area contributed by atoms with Gasteiger partial charge < -0.3 is 10.1 Å². The SMILES string of the molecule is O=C(NCCOc1cccc(Br)c1)N1CCc2ccccc21. The minimum atomic E-state index is -0.0669. The van der Waals surface area contributed by atoms with Crippen molar-refractivity contribution in [2.75, 3.05) is 24.6 Å². The van der Waals surface area contributed by atoms with Crippen LogP contribution >= 0.6 is 15.9 Å². The number of nitrogens with zero attached hydrogens (tertiary/aromatic N) is 1. The van der Waals surface area contributed by atoms with Crippen LogP contribution in [0.2, 0.25) is 0 Å². The van der Waals surface area contributed by atoms with Crippen molar-refractivity contribution in [3.63, 3.8) is 0 Å². The zero-order valence-corrected chi connectivity index (χ0v) is 13.7. The van der Waals surface area contributed by atoms with Gasteiger partial charge in [-0.25, -0.2) is 4.79 Å². The molecule has 4 nitrogen and oxygen atoms in total. The average molecular weight is 361 g/mol. The van der Waals surface area contributed by atoms with Gasteiger partial charge in [0.1, 0.15) is 12.4 Å². The number of urea groups is 1. The summed E-state index contributed by atoms with van der Waals surface area (Å²) in [6.07, 6.45) is 0.915. The van der Waals surface area contributed by atoms with E-state index >= 15 is 0 Å². The van der Waals surface area contributed by atoms with Crippen molar-refractivity contribution in [2.24, 2.45) is 0 Å². The van der Waals surface area contributed by atoms with E-state index in [9.17, 15) is 4.79 Å². The maximum absolute atomic E-state index is 12.2. The maximum Gasteiger partial charge on any atom is 0.322 e. The van der Waals surface area contributed by atoms with E-state index in [1.54, 1.807) is 4.90 Å². The summed E-state index contributed by atoms with van der Waals surface area (Å²) in [5, 5.41) is 2.90. The Morgan fingerprint density at radius 2 is 2.09 bits per heavy atom. The van der Waals surface area contributed by atoms with Crippen LogP contribution in [0.4, 0.5) is 10.5 Å². The fourth-order valence-electron chi connectivity index (χ4n) is 2.53. The number of carbonyl (C=O) groups excluding carboxylic acids is 1. The normalized spacial score (nSPS) is 12.9. The number of fused-ring (bicyclic) bond motifs is 1. The van der Waals surface area contributed by atoms with Crippen LogP contribution in [-0.4, -0.2) is 25.7 Å². The Morgan fingerprint density at radius 3 is 2.95 bits per heavy atom. The molecule has 0 fully saturated rings. The molecule has 0 radical (unpaired) electrons. The number of para-hydroxylation sites is 1. The zero-order chi connectivity index (χ0) is 15.4. The fraction of sp³-hybridized carbons (Fsp3) is 0.235. The molecule has 114 valence electrons. The van der Waals surface area contributed by atoms with Gasteiger partial charge in [0, 0.05) is 16.7 Å². The molecule has 0 aromatic heterocycles. The molecule has 0 atom stereocenters. The Bertz CT molecular complexity index is 675. The van der Waals surface area contributed by atoms with Crippen molar-refractivity contribution in [2.45, 2.75) is 6.42 Å². The highest BCUT2D eigenvalue weighted by Gasteiger charge is 2.23. The molecule has 0 aliphatic carbocycles. The lowest BCUT2D eigenvalue weighted by molar-refractivity contribution is 0.242. The van der Waals surface area contributed by atoms with E-state index in [0.717, 1.165) is 28.9 Å². The summed E-state index contributed by atoms with van der Waals surface area (Å²) < 4.78 is 6.58. The Balaban J connectivity index is 1.47. The second-order valence-corrected chi connectivity index (χ2v) is 5.98. The molecule has 2 amide bonds. The second kappa shape index (κ2) is 6.83. The van der Waals surface area contributed by atoms with E-state index < -0.39 is 0 Å². The Kier molecular flexibility index (Phi) is 4.63. The lowest BCUT2D eigenvalue weighted by atomic mass is 10.2. The Hall–Kier alpha value is -2.01. The molecular weight excluding hydrogens is 344 g/mol. The quantitative estimate of drug-likeness (QED) is 0.846. The van der Waals surface area contributed by atoms with Crippen molar-refractivity contribution < 1.29 is 9.53 Å². The summed E-state index contributed by atoms with van der Waals surface area (Å²) in [4.78, 5) is 14.0. The number of anilines is 1. The summed E-state index contributed by atoms with van der Waals surface area (Å²) in [5.41, 5.74) is 2.23. The van der Waals surface area contributed by atoms with E-state index in [2.05, 4.69) is 27.3 Å². The second-order valence-electron chi connectivity index (χ2n) is 5.07. The number of halogens is 1. The highest BCUT2D eigenvalue weighted by Crippen LogP contribution is 2.27. The third-order valence-corrected chi connectivity index (χ3v) is 4.07. The van der Waals surface area contributed by atoms with Gasteiger partial charge in [-0.05, 0) is 36.2 Å². The van der Waals surface area contributed by atoms with E-state index in [-0.39, 0.29) is 6.03 Å². The number of benzene rings is 2. The van der Waals surface area contributed by atoms with Gasteiger partial charge in [0.25, 0.3) is 0 Å². The van der Waals surface area contributed by atoms with Gasteiger partial charge in [-0.1, -0.05) is 40.2 Å². The van der Waals surface area contributed by atoms with Crippen LogP contribution in [0.15, 0.2) is 53.0 Å². The number of nitrogens with one attached hydrogen (secondary N) is 1. The van der Waals surface area contributed by atoms with Crippen molar-refractivity contribution in [3.8, 4) is 5.75 Å². The third-order valence-electron chi connectivity index (χ3n) is 3.58. The molecule has 22 heavy (non-hydrogen) atoms. The van der Waals surface area contributed by atoms with Gasteiger partial charge >= 0.3 is 6.03 Å². The standard InChI is InChI=1S/C17H17BrN2O2/c18-14-5-3-6-15(12-14)22-11-9-19-17(21)20-10-8-13-4-1-2-7-16(13)20/h1-7,12H,8-11H2,(H,19,21). The predicted octanol–water partition coefficient (Wildman–Crippen LogP) is 3.60. The van der Waals surface area contributed by atoms with Crippen molar-refractivity contribution in [1.82, 2.24) is 5.32 Å². The van der Waals surface area contributed by atoms with Crippen LogP contribution in [-0.2, 0) is 6.42 Å². The summed E-state index contributed by atoms with van der Waals surface area (Å²) in [6.45, 7) is 1.65. The lowest BCUT2D eigenvalue weighted by Crippen LogP contribution is -2.40. The zero-order valence-electron chi connectivity index (χ0n) is 12.1. The topological polar surface area (TPSA) is 41.6 Å². The first-order valence-electron chi connectivity index (χ1n) is 7.26. The van der Waals surface area contributed by atoms with Crippen molar-refractivity contribution >= 4 is 27.6 Å². The van der Waals surface area contributed by atoms with E-state index in [4.69, 9.17) is 4.74 Å². The van der Waals surface area contributed by atoms with Crippen LogP contribution in [0, 0.1) is 0 Å².